The summed E-state index contributed by atoms with van der Waals surface area (Å²) in [6.07, 6.45) is 3.27. The Kier molecular flexibility index (Phi) is 5.18. The summed E-state index contributed by atoms with van der Waals surface area (Å²) in [5.41, 5.74) is 2.50. The summed E-state index contributed by atoms with van der Waals surface area (Å²) in [5.74, 6) is 0.672. The highest BCUT2D eigenvalue weighted by Crippen LogP contribution is 2.19. The van der Waals surface area contributed by atoms with Crippen molar-refractivity contribution < 1.29 is 4.79 Å². The van der Waals surface area contributed by atoms with E-state index in [1.54, 1.807) is 0 Å². The van der Waals surface area contributed by atoms with Crippen LogP contribution in [-0.4, -0.2) is 18.5 Å². The van der Waals surface area contributed by atoms with Crippen molar-refractivity contribution in [3.8, 4) is 0 Å². The molecule has 1 aliphatic heterocycles. The Morgan fingerprint density at radius 2 is 1.80 bits per heavy atom. The summed E-state index contributed by atoms with van der Waals surface area (Å²) in [5, 5.41) is 6.40. The molecule has 0 radical (unpaired) electrons. The highest BCUT2D eigenvalue weighted by molar-refractivity contribution is 5.82. The first kappa shape index (κ1) is 15.0. The molecule has 1 aliphatic rings. The fourth-order valence-electron chi connectivity index (χ4n) is 2.64. The largest absolute Gasteiger partial charge is 0.348 e. The van der Waals surface area contributed by atoms with E-state index in [1.165, 1.54) is 17.5 Å². The lowest BCUT2D eigenvalue weighted by Gasteiger charge is -2.24. The van der Waals surface area contributed by atoms with Crippen molar-refractivity contribution in [1.29, 1.82) is 0 Å². The molecule has 1 aromatic carbocycles. The van der Waals surface area contributed by atoms with Crippen LogP contribution in [0.4, 0.5) is 0 Å². The maximum atomic E-state index is 12.2. The second-order valence-corrected chi connectivity index (χ2v) is 6.05. The Morgan fingerprint density at radius 3 is 2.35 bits per heavy atom. The Balaban J connectivity index is 1.93. The van der Waals surface area contributed by atoms with E-state index in [0.717, 1.165) is 19.4 Å². The molecule has 1 heterocycles. The Bertz CT molecular complexity index is 433. The van der Waals surface area contributed by atoms with E-state index in [9.17, 15) is 4.79 Å². The summed E-state index contributed by atoms with van der Waals surface area (Å²) in [4.78, 5) is 12.2. The van der Waals surface area contributed by atoms with E-state index >= 15 is 0 Å². The number of rotatable bonds is 4. The van der Waals surface area contributed by atoms with Crippen molar-refractivity contribution in [3.63, 3.8) is 0 Å². The van der Waals surface area contributed by atoms with E-state index in [2.05, 4.69) is 48.7 Å². The van der Waals surface area contributed by atoms with Crippen LogP contribution in [0.1, 0.15) is 63.1 Å². The fourth-order valence-corrected chi connectivity index (χ4v) is 2.64. The van der Waals surface area contributed by atoms with Crippen molar-refractivity contribution >= 4 is 5.91 Å². The second kappa shape index (κ2) is 6.89. The van der Waals surface area contributed by atoms with Crippen molar-refractivity contribution in [2.45, 2.75) is 58.0 Å². The zero-order chi connectivity index (χ0) is 14.5. The van der Waals surface area contributed by atoms with Gasteiger partial charge in [0.2, 0.25) is 5.91 Å². The van der Waals surface area contributed by atoms with Gasteiger partial charge in [-0.25, -0.2) is 0 Å². The summed E-state index contributed by atoms with van der Waals surface area (Å²) in [6, 6.07) is 8.60. The minimum Gasteiger partial charge on any atom is -0.348 e. The molecule has 1 aromatic rings. The summed E-state index contributed by atoms with van der Waals surface area (Å²) >= 11 is 0. The summed E-state index contributed by atoms with van der Waals surface area (Å²) in [7, 11) is 0. The number of piperidine rings is 1. The molecule has 2 N–H and O–H groups in total. The molecule has 3 nitrogen and oxygen atoms in total. The molecule has 1 amide bonds. The average molecular weight is 274 g/mol. The molecule has 1 fully saturated rings. The number of carbonyl (C=O) groups excluding carboxylic acids is 1. The van der Waals surface area contributed by atoms with E-state index in [0.29, 0.717) is 5.92 Å². The molecule has 1 saturated heterocycles. The van der Waals surface area contributed by atoms with Crippen LogP contribution in [0.5, 0.6) is 0 Å². The van der Waals surface area contributed by atoms with E-state index in [1.807, 2.05) is 6.92 Å². The Labute approximate surface area is 122 Å². The van der Waals surface area contributed by atoms with Crippen LogP contribution < -0.4 is 10.6 Å². The van der Waals surface area contributed by atoms with Gasteiger partial charge in [0.15, 0.2) is 0 Å². The van der Waals surface area contributed by atoms with Crippen molar-refractivity contribution in [2.24, 2.45) is 0 Å². The number of hydrogen-bond acceptors (Lipinski definition) is 2. The predicted octanol–water partition coefficient (Wildman–Crippen LogP) is 3.13. The lowest BCUT2D eigenvalue weighted by atomic mass is 9.99. The van der Waals surface area contributed by atoms with Gasteiger partial charge in [0, 0.05) is 0 Å². The van der Waals surface area contributed by atoms with Gasteiger partial charge in [-0.3, -0.25) is 4.79 Å². The van der Waals surface area contributed by atoms with Crippen molar-refractivity contribution in [2.75, 3.05) is 6.54 Å². The SMILES string of the molecule is CC(C)c1ccc(C(C)NC(=O)[C@@H]2CCCCN2)cc1. The third kappa shape index (κ3) is 3.83. The second-order valence-electron chi connectivity index (χ2n) is 6.05. The van der Waals surface area contributed by atoms with Crippen LogP contribution in [0.2, 0.25) is 0 Å². The quantitative estimate of drug-likeness (QED) is 0.885. The predicted molar refractivity (Wildman–Crippen MR) is 82.7 cm³/mol. The number of carbonyl (C=O) groups is 1. The Hall–Kier alpha value is -1.35. The smallest absolute Gasteiger partial charge is 0.237 e. The molecule has 0 saturated carbocycles. The van der Waals surface area contributed by atoms with E-state index in [-0.39, 0.29) is 18.0 Å². The normalized spacial score (nSPS) is 20.7. The van der Waals surface area contributed by atoms with Gasteiger partial charge in [0.05, 0.1) is 12.1 Å². The number of nitrogens with one attached hydrogen (secondary N) is 2. The highest BCUT2D eigenvalue weighted by Gasteiger charge is 2.21. The van der Waals surface area contributed by atoms with Crippen LogP contribution in [-0.2, 0) is 4.79 Å². The molecule has 20 heavy (non-hydrogen) atoms. The summed E-state index contributed by atoms with van der Waals surface area (Å²) < 4.78 is 0. The lowest BCUT2D eigenvalue weighted by Crippen LogP contribution is -2.47. The molecule has 0 aliphatic carbocycles. The zero-order valence-corrected chi connectivity index (χ0v) is 12.8. The molecule has 0 spiro atoms. The molecule has 1 unspecified atom stereocenters. The third-order valence-electron chi connectivity index (χ3n) is 4.09. The molecule has 0 aromatic heterocycles. The van der Waals surface area contributed by atoms with Gasteiger partial charge in [-0.05, 0) is 43.4 Å². The first-order valence-corrected chi connectivity index (χ1v) is 7.71. The van der Waals surface area contributed by atoms with Gasteiger partial charge in [0.1, 0.15) is 0 Å². The first-order valence-electron chi connectivity index (χ1n) is 7.71. The van der Waals surface area contributed by atoms with Crippen LogP contribution in [0, 0.1) is 0 Å². The van der Waals surface area contributed by atoms with Crippen molar-refractivity contribution in [3.05, 3.63) is 35.4 Å². The summed E-state index contributed by atoms with van der Waals surface area (Å²) in [6.45, 7) is 7.38. The minimum absolute atomic E-state index is 0.0128. The van der Waals surface area contributed by atoms with Crippen LogP contribution in [0.15, 0.2) is 24.3 Å². The lowest BCUT2D eigenvalue weighted by molar-refractivity contribution is -0.124. The molecule has 2 rings (SSSR count). The van der Waals surface area contributed by atoms with Crippen LogP contribution in [0.3, 0.4) is 0 Å². The third-order valence-corrected chi connectivity index (χ3v) is 4.09. The molecule has 3 heteroatoms. The highest BCUT2D eigenvalue weighted by atomic mass is 16.2. The van der Waals surface area contributed by atoms with Gasteiger partial charge in [-0.1, -0.05) is 44.5 Å². The molecule has 2 atom stereocenters. The van der Waals surface area contributed by atoms with Crippen molar-refractivity contribution in [1.82, 2.24) is 10.6 Å². The number of amides is 1. The topological polar surface area (TPSA) is 41.1 Å². The maximum Gasteiger partial charge on any atom is 0.237 e. The fraction of sp³-hybridized carbons (Fsp3) is 0.588. The van der Waals surface area contributed by atoms with Gasteiger partial charge >= 0.3 is 0 Å². The minimum atomic E-state index is -0.0128. The standard InChI is InChI=1S/C17H26N2O/c1-12(2)14-7-9-15(10-8-14)13(3)19-17(20)16-6-4-5-11-18-16/h7-10,12-13,16,18H,4-6,11H2,1-3H3,(H,19,20)/t13?,16-/m0/s1. The molecule has 0 bridgehead atoms. The van der Waals surface area contributed by atoms with E-state index in [4.69, 9.17) is 0 Å². The monoisotopic (exact) mass is 274 g/mol. The van der Waals surface area contributed by atoms with Gasteiger partial charge in [0.25, 0.3) is 0 Å². The van der Waals surface area contributed by atoms with Crippen LogP contribution >= 0.6 is 0 Å². The van der Waals surface area contributed by atoms with Gasteiger partial charge in [-0.15, -0.1) is 0 Å². The van der Waals surface area contributed by atoms with Gasteiger partial charge in [-0.2, -0.15) is 0 Å². The number of benzene rings is 1. The first-order chi connectivity index (χ1) is 9.58. The van der Waals surface area contributed by atoms with Crippen LogP contribution in [0.25, 0.3) is 0 Å². The zero-order valence-electron chi connectivity index (χ0n) is 12.8. The van der Waals surface area contributed by atoms with Gasteiger partial charge < -0.3 is 10.6 Å². The maximum absolute atomic E-state index is 12.2. The molecular weight excluding hydrogens is 248 g/mol. The average Bonchev–Trinajstić information content (AvgIpc) is 2.48. The number of hydrogen-bond donors (Lipinski definition) is 2. The molecule has 110 valence electrons. The Morgan fingerprint density at radius 1 is 1.15 bits per heavy atom. The van der Waals surface area contributed by atoms with E-state index < -0.39 is 0 Å². The molecular formula is C17H26N2O.